The van der Waals surface area contributed by atoms with E-state index in [2.05, 4.69) is 37.6 Å². The molecule has 46 heteroatoms. The van der Waals surface area contributed by atoms with Gasteiger partial charge in [-0.2, -0.15) is 71.6 Å². The highest BCUT2D eigenvalue weighted by atomic mass is 32.3. The molecule has 348 valence electrons. The average molecular weight is 1050 g/mol. The first-order valence-electron chi connectivity index (χ1n) is 12.8. The molecular formula is C12H24O37S9. The van der Waals surface area contributed by atoms with Gasteiger partial charge >= 0.3 is 94.6 Å². The van der Waals surface area contributed by atoms with Crippen molar-refractivity contribution in [3.63, 3.8) is 0 Å². The van der Waals surface area contributed by atoms with Crippen LogP contribution in [0.25, 0.3) is 0 Å². The van der Waals surface area contributed by atoms with E-state index >= 15 is 0 Å². The lowest BCUT2D eigenvalue weighted by Crippen LogP contribution is -2.65. The van der Waals surface area contributed by atoms with Crippen molar-refractivity contribution >= 4 is 94.6 Å². The lowest BCUT2D eigenvalue weighted by Gasteiger charge is -2.45. The van der Waals surface area contributed by atoms with Crippen molar-refractivity contribution in [2.45, 2.75) is 55.1 Å². The Bertz CT molecular complexity index is 2330. The predicted molar refractivity (Wildman–Crippen MR) is 164 cm³/mol. The van der Waals surface area contributed by atoms with Gasteiger partial charge in [0.2, 0.25) is 0 Å². The van der Waals surface area contributed by atoms with Crippen LogP contribution in [-0.2, 0) is 142 Å². The summed E-state index contributed by atoms with van der Waals surface area (Å²) in [6, 6.07) is 0. The van der Waals surface area contributed by atoms with Crippen LogP contribution in [0.1, 0.15) is 0 Å². The molecule has 0 aliphatic carbocycles. The highest BCUT2D eigenvalue weighted by Gasteiger charge is 2.56. The van der Waals surface area contributed by atoms with Crippen molar-refractivity contribution in [3.8, 4) is 0 Å². The van der Waals surface area contributed by atoms with Crippen LogP contribution in [0.15, 0.2) is 0 Å². The number of hydrogen-bond acceptors (Lipinski definition) is 28. The van der Waals surface area contributed by atoms with E-state index in [0.29, 0.717) is 0 Å². The third-order valence-corrected chi connectivity index (χ3v) is 9.53. The molecule has 1 aliphatic heterocycles. The van der Waals surface area contributed by atoms with Gasteiger partial charge in [-0.15, -0.1) is 0 Å². The third kappa shape index (κ3) is 23.8. The minimum atomic E-state index is -6.44. The summed E-state index contributed by atoms with van der Waals surface area (Å²) < 4.78 is 327. The van der Waals surface area contributed by atoms with Crippen LogP contribution in [-0.4, -0.2) is 187 Å². The first kappa shape index (κ1) is 55.0. The number of ether oxygens (including phenoxy) is 2. The molecule has 9 N–H and O–H groups in total. The quantitative estimate of drug-likeness (QED) is 0.0287. The van der Waals surface area contributed by atoms with Crippen molar-refractivity contribution in [1.29, 1.82) is 0 Å². The molecule has 0 amide bonds. The van der Waals surface area contributed by atoms with Crippen molar-refractivity contribution < 1.29 is 160 Å². The molecule has 0 aromatic heterocycles. The van der Waals surface area contributed by atoms with Gasteiger partial charge in [-0.05, 0) is 0 Å². The van der Waals surface area contributed by atoms with Crippen molar-refractivity contribution in [2.24, 2.45) is 0 Å². The first-order chi connectivity index (χ1) is 25.5. The zero-order valence-corrected chi connectivity index (χ0v) is 33.8. The van der Waals surface area contributed by atoms with E-state index in [0.717, 1.165) is 0 Å². The summed E-state index contributed by atoms with van der Waals surface area (Å²) in [5.41, 5.74) is 0. The van der Waals surface area contributed by atoms with E-state index in [1.807, 2.05) is 0 Å². The summed E-state index contributed by atoms with van der Waals surface area (Å²) >= 11 is -3.81. The van der Waals surface area contributed by atoms with Gasteiger partial charge in [0, 0.05) is 0 Å². The van der Waals surface area contributed by atoms with E-state index in [-0.39, 0.29) is 0 Å². The average Bonchev–Trinajstić information content (AvgIpc) is 2.92. The van der Waals surface area contributed by atoms with Crippen LogP contribution in [0, 0.1) is 0 Å². The fraction of sp³-hybridized carbons (Fsp3) is 1.00. The molecule has 58 heavy (non-hydrogen) atoms. The molecule has 1 aliphatic rings. The van der Waals surface area contributed by atoms with Crippen molar-refractivity contribution in [2.75, 3.05) is 19.8 Å². The summed E-state index contributed by atoms with van der Waals surface area (Å²) in [6.45, 7) is -6.59. The Hall–Kier alpha value is -1.05. The fourth-order valence-electron chi connectivity index (χ4n) is 3.95. The minimum Gasteiger partial charge on any atom is -0.341 e. The second kappa shape index (κ2) is 20.4. The van der Waals surface area contributed by atoms with Crippen LogP contribution in [0.4, 0.5) is 0 Å². The zero-order valence-electron chi connectivity index (χ0n) is 26.4. The molecular weight excluding hydrogens is 1020 g/mol. The molecule has 1 unspecified atom stereocenters. The largest absolute Gasteiger partial charge is 0.397 e. The normalized spacial score (nSPS) is 24.7. The minimum absolute atomic E-state index is 1.94. The van der Waals surface area contributed by atoms with Gasteiger partial charge < -0.3 is 9.47 Å². The van der Waals surface area contributed by atoms with Gasteiger partial charge in [0.25, 0.3) is 0 Å². The lowest BCUT2D eigenvalue weighted by atomic mass is 9.98. The topological polar surface area (TPSA) is 574 Å². The van der Waals surface area contributed by atoms with Gasteiger partial charge in [0.15, 0.2) is 12.4 Å². The first-order valence-corrected chi connectivity index (χ1v) is 24.7. The number of rotatable bonds is 26. The summed E-state index contributed by atoms with van der Waals surface area (Å²) in [4.78, 5) is 0. The Morgan fingerprint density at radius 3 is 1.21 bits per heavy atom. The van der Waals surface area contributed by atoms with Crippen molar-refractivity contribution in [3.05, 3.63) is 0 Å². The van der Waals surface area contributed by atoms with E-state index in [4.69, 9.17) is 23.1 Å². The molecule has 0 bridgehead atoms. The Kier molecular flexibility index (Phi) is 19.4. The van der Waals surface area contributed by atoms with Crippen LogP contribution in [0.2, 0.25) is 0 Å². The smallest absolute Gasteiger partial charge is 0.341 e. The highest BCUT2D eigenvalue weighted by Crippen LogP contribution is 2.34. The molecule has 10 atom stereocenters. The van der Waals surface area contributed by atoms with Gasteiger partial charge in [0.1, 0.15) is 42.7 Å². The van der Waals surface area contributed by atoms with Gasteiger partial charge in [-0.3, -0.25) is 45.2 Å². The zero-order chi connectivity index (χ0) is 45.7. The highest BCUT2D eigenvalue weighted by molar-refractivity contribution is 7.82. The molecule has 1 fully saturated rings. The van der Waals surface area contributed by atoms with Gasteiger partial charge in [-0.25, -0.2) is 33.5 Å². The Balaban J connectivity index is 4.52. The second-order valence-electron chi connectivity index (χ2n) is 9.65. The second-order valence-corrected chi connectivity index (χ2v) is 18.8. The van der Waals surface area contributed by atoms with Crippen LogP contribution in [0.3, 0.4) is 0 Å². The molecule has 0 spiro atoms. The molecule has 0 radical (unpaired) electrons. The Morgan fingerprint density at radius 1 is 0.483 bits per heavy atom. The maximum Gasteiger partial charge on any atom is 0.397 e. The Labute approximate surface area is 327 Å². The third-order valence-electron chi connectivity index (χ3n) is 5.46. The molecule has 1 heterocycles. The Morgan fingerprint density at radius 2 is 0.862 bits per heavy atom. The maximum absolute atomic E-state index is 11.9. The molecule has 0 saturated carbocycles. The lowest BCUT2D eigenvalue weighted by molar-refractivity contribution is -0.312. The monoisotopic (exact) mass is 1050 g/mol. The molecule has 0 aromatic rings. The van der Waals surface area contributed by atoms with E-state index in [1.54, 1.807) is 0 Å². The van der Waals surface area contributed by atoms with Crippen molar-refractivity contribution in [1.82, 2.24) is 0 Å². The SMILES string of the molecule is O=S(O)O[C@H]1[C@H](OS(=O)(=O)O)[C@@H](OS(=O)(=O)O)[C@H](O[C@@H]([C@H](OS(=O)(=O)O)[C@H](COS(=O)(=O)O)OS(=O)(=O)O)[C@@H](COS(=O)(=O)O)OS(=O)(=O)O)O[C@@H]1COS(=O)(=O)O. The van der Waals surface area contributed by atoms with Gasteiger partial charge in [0.05, 0.1) is 19.8 Å². The molecule has 37 nitrogen and oxygen atoms in total. The van der Waals surface area contributed by atoms with Crippen LogP contribution in [0.5, 0.6) is 0 Å². The van der Waals surface area contributed by atoms with Crippen LogP contribution < -0.4 is 0 Å². The summed E-state index contributed by atoms with van der Waals surface area (Å²) in [5.74, 6) is 0. The summed E-state index contributed by atoms with van der Waals surface area (Å²) in [7, 11) is -49.1. The van der Waals surface area contributed by atoms with E-state index in [1.165, 1.54) is 0 Å². The maximum atomic E-state index is 11.9. The summed E-state index contributed by atoms with van der Waals surface area (Å²) in [5, 5.41) is 0. The standard InChI is InChI=1S/C12H24O37S9/c13-50(14)44-8-4(1-39-51(15,16)17)42-12(11(49-58(36,37)38)10(8)48-57(33,34)35)43-7(5(45-54(24,25)26)2-40-52(18,19)20)9(47-56(30,31)32)6(46-55(27,28)29)3-41-53(21,22)23/h4-12H,1-3H2,(H,13,14)(H,15,16,17)(H,18,19,20)(H,21,22,23)(H,24,25,26)(H,27,28,29)(H,30,31,32)(H,33,34,35)(H,36,37,38)/t4-,5-,6+,7-,8-,9-,10+,11-,12+/m1/s1. The molecule has 1 saturated heterocycles. The van der Waals surface area contributed by atoms with Gasteiger partial charge in [-0.1, -0.05) is 0 Å². The molecule has 1 rings (SSSR count). The molecule has 0 aromatic carbocycles. The van der Waals surface area contributed by atoms with E-state index in [9.17, 15) is 98.9 Å². The summed E-state index contributed by atoms with van der Waals surface area (Å²) in [6.07, 6.45) is -30.8. The van der Waals surface area contributed by atoms with E-state index < -0.39 is 169 Å². The number of hydrogen-bond donors (Lipinski definition) is 9. The van der Waals surface area contributed by atoms with Crippen LogP contribution >= 0.6 is 0 Å². The fourth-order valence-corrected chi connectivity index (χ4v) is 7.74. The predicted octanol–water partition coefficient (Wildman–Crippen LogP) is -6.98.